The van der Waals surface area contributed by atoms with Crippen molar-refractivity contribution in [2.45, 2.75) is 13.8 Å². The van der Waals surface area contributed by atoms with Crippen LogP contribution in [-0.4, -0.2) is 18.7 Å². The molecule has 0 fully saturated rings. The predicted octanol–water partition coefficient (Wildman–Crippen LogP) is 0.745. The molecule has 22 heavy (non-hydrogen) atoms. The molecule has 2 aromatic carbocycles. The van der Waals surface area contributed by atoms with E-state index >= 15 is 0 Å². The molecule has 0 aliphatic rings. The fourth-order valence-corrected chi connectivity index (χ4v) is 3.06. The van der Waals surface area contributed by atoms with Crippen LogP contribution in [0.2, 0.25) is 0 Å². The minimum absolute atomic E-state index is 0. The van der Waals surface area contributed by atoms with Gasteiger partial charge in [-0.05, 0) is 34.6 Å². The van der Waals surface area contributed by atoms with Crippen LogP contribution in [0, 0.1) is 0 Å². The molecule has 0 aliphatic carbocycles. The second-order valence-electron chi connectivity index (χ2n) is 4.32. The summed E-state index contributed by atoms with van der Waals surface area (Å²) in [4.78, 5) is 12.4. The molecular weight excluding hydrogens is 290 g/mol. The van der Waals surface area contributed by atoms with Crippen molar-refractivity contribution in [3.8, 4) is 11.5 Å². The summed E-state index contributed by atoms with van der Waals surface area (Å²) in [6.45, 7) is 4.98. The molecule has 0 saturated carbocycles. The van der Waals surface area contributed by atoms with Crippen molar-refractivity contribution >= 4 is 19.4 Å². The van der Waals surface area contributed by atoms with E-state index in [0.717, 1.165) is 16.8 Å². The van der Waals surface area contributed by atoms with Gasteiger partial charge < -0.3 is 10.9 Å². The average molecular weight is 310 g/mol. The summed E-state index contributed by atoms with van der Waals surface area (Å²) in [5.74, 6) is 1.46. The van der Waals surface area contributed by atoms with Gasteiger partial charge in [0.05, 0.1) is 18.5 Å². The van der Waals surface area contributed by atoms with Crippen molar-refractivity contribution < 1.29 is 34.6 Å². The van der Waals surface area contributed by atoms with Crippen molar-refractivity contribution in [2.24, 2.45) is 0 Å². The molecule has 1 atom stereocenters. The Morgan fingerprint density at radius 2 is 1.50 bits per heavy atom. The molecule has 112 valence electrons. The van der Waals surface area contributed by atoms with Gasteiger partial charge in [-0.25, -0.2) is 0 Å². The van der Waals surface area contributed by atoms with Crippen molar-refractivity contribution in [2.75, 3.05) is 13.2 Å². The zero-order chi connectivity index (χ0) is 15.1. The molecule has 5 heteroatoms. The number of hydrogen-bond acceptors (Lipinski definition) is 3. The first-order valence-corrected chi connectivity index (χ1v) is 8.01. The van der Waals surface area contributed by atoms with E-state index in [1.54, 1.807) is 0 Å². The third-order valence-corrected chi connectivity index (χ3v) is 4.12. The summed E-state index contributed by atoms with van der Waals surface area (Å²) in [6, 6.07) is 15.0. The van der Waals surface area contributed by atoms with Gasteiger partial charge in [0.15, 0.2) is 5.52 Å². The largest absolute Gasteiger partial charge is 1.00 e. The Kier molecular flexibility index (Phi) is 8.28. The molecule has 2 aromatic rings. The smallest absolute Gasteiger partial charge is 1.00 e. The molecule has 0 amide bonds. The summed E-state index contributed by atoms with van der Waals surface area (Å²) < 4.78 is 11.3. The molecule has 0 radical (unpaired) electrons. The zero-order valence-electron chi connectivity index (χ0n) is 14.3. The molecule has 0 aromatic heterocycles. The first kappa shape index (κ1) is 18.8. The minimum atomic E-state index is -0.0159. The second-order valence-corrected chi connectivity index (χ2v) is 5.52. The summed E-state index contributed by atoms with van der Waals surface area (Å²) in [6.07, 6.45) is 0. The Balaban J connectivity index is 0.00000242. The Morgan fingerprint density at radius 3 is 2.00 bits per heavy atom. The maximum Gasteiger partial charge on any atom is 1.00 e. The summed E-state index contributed by atoms with van der Waals surface area (Å²) in [5.41, 5.74) is 0.799. The van der Waals surface area contributed by atoms with Gasteiger partial charge in [0, 0.05) is 5.56 Å². The number of benzene rings is 2. The van der Waals surface area contributed by atoms with Gasteiger partial charge in [0.2, 0.25) is 0 Å². The van der Waals surface area contributed by atoms with Gasteiger partial charge >= 0.3 is 18.9 Å². The van der Waals surface area contributed by atoms with E-state index in [1.807, 2.05) is 62.4 Å². The number of rotatable bonds is 7. The van der Waals surface area contributed by atoms with Gasteiger partial charge in [-0.3, -0.25) is 4.79 Å². The molecule has 3 nitrogen and oxygen atoms in total. The van der Waals surface area contributed by atoms with E-state index in [-0.39, 0.29) is 34.4 Å². The first-order valence-electron chi connectivity index (χ1n) is 7.01. The third-order valence-electron chi connectivity index (χ3n) is 2.86. The Bertz CT molecular complexity index is 584. The van der Waals surface area contributed by atoms with Gasteiger partial charge in [0.1, 0.15) is 11.5 Å². The van der Waals surface area contributed by atoms with Crippen LogP contribution in [0.3, 0.4) is 0 Å². The molecule has 2 rings (SSSR count). The first-order chi connectivity index (χ1) is 10.3. The number of carbonyl (C=O) groups is 1. The molecule has 0 saturated heterocycles. The van der Waals surface area contributed by atoms with Crippen molar-refractivity contribution in [1.82, 2.24) is 0 Å². The van der Waals surface area contributed by atoms with Crippen molar-refractivity contribution in [1.29, 1.82) is 0 Å². The van der Waals surface area contributed by atoms with Gasteiger partial charge in [-0.1, -0.05) is 36.4 Å². The standard InChI is InChI=1S/C17H19O3P.Li.H/c1-3-19-14-11-8-12-15(20-4-2)16(14)21-17(18)13-9-6-5-7-10-13;;/h5-12,21H,3-4H2,1-2H3;;/q;+1;-1. The molecule has 0 spiro atoms. The third kappa shape index (κ3) is 4.89. The quantitative estimate of drug-likeness (QED) is 0.559. The van der Waals surface area contributed by atoms with E-state index in [0.29, 0.717) is 18.8 Å². The molecule has 0 heterocycles. The molecule has 0 aliphatic heterocycles. The minimum Gasteiger partial charge on any atom is -1.00 e. The zero-order valence-corrected chi connectivity index (χ0v) is 14.3. The monoisotopic (exact) mass is 310 g/mol. The maximum atomic E-state index is 12.4. The van der Waals surface area contributed by atoms with E-state index in [4.69, 9.17) is 9.47 Å². The van der Waals surface area contributed by atoms with Crippen LogP contribution in [-0.2, 0) is 0 Å². The van der Waals surface area contributed by atoms with Crippen LogP contribution in [0.4, 0.5) is 0 Å². The molecule has 0 bridgehead atoms. The number of carbonyl (C=O) groups excluding carboxylic acids is 1. The predicted molar refractivity (Wildman–Crippen MR) is 88.6 cm³/mol. The van der Waals surface area contributed by atoms with Crippen LogP contribution < -0.4 is 33.6 Å². The summed E-state index contributed by atoms with van der Waals surface area (Å²) in [7, 11) is -0.0159. The van der Waals surface area contributed by atoms with Crippen LogP contribution in [0.25, 0.3) is 0 Å². The van der Waals surface area contributed by atoms with Gasteiger partial charge in [0.25, 0.3) is 0 Å². The van der Waals surface area contributed by atoms with E-state index in [1.165, 1.54) is 0 Å². The molecular formula is C17H20LiO3P. The van der Waals surface area contributed by atoms with Crippen LogP contribution in [0.1, 0.15) is 25.6 Å². The van der Waals surface area contributed by atoms with Crippen LogP contribution in [0.5, 0.6) is 11.5 Å². The Morgan fingerprint density at radius 1 is 0.955 bits per heavy atom. The van der Waals surface area contributed by atoms with E-state index in [2.05, 4.69) is 0 Å². The SMILES string of the molecule is CCOc1cccc(OCC)c1PC(=O)c1ccccc1.[H-].[Li+]. The van der Waals surface area contributed by atoms with Crippen molar-refractivity contribution in [3.63, 3.8) is 0 Å². The normalized spacial score (nSPS) is 10.3. The number of hydrogen-bond donors (Lipinski definition) is 0. The fourth-order valence-electron chi connectivity index (χ4n) is 1.96. The van der Waals surface area contributed by atoms with Gasteiger partial charge in [-0.15, -0.1) is 0 Å². The Labute approximate surface area is 146 Å². The van der Waals surface area contributed by atoms with Crippen LogP contribution in [0.15, 0.2) is 48.5 Å². The second kappa shape index (κ2) is 9.69. The van der Waals surface area contributed by atoms with Crippen molar-refractivity contribution in [3.05, 3.63) is 54.1 Å². The topological polar surface area (TPSA) is 35.5 Å². The molecule has 0 N–H and O–H groups in total. The summed E-state index contributed by atoms with van der Waals surface area (Å²) in [5, 5.41) is 0.843. The van der Waals surface area contributed by atoms with Gasteiger partial charge in [-0.2, -0.15) is 0 Å². The van der Waals surface area contributed by atoms with Crippen LogP contribution >= 0.6 is 8.58 Å². The average Bonchev–Trinajstić information content (AvgIpc) is 2.51. The van der Waals surface area contributed by atoms with E-state index in [9.17, 15) is 4.79 Å². The summed E-state index contributed by atoms with van der Waals surface area (Å²) >= 11 is 0. The number of ether oxygens (including phenoxy) is 2. The Hall–Kier alpha value is -1.26. The van der Waals surface area contributed by atoms with E-state index < -0.39 is 0 Å². The molecule has 1 unspecified atom stereocenters. The fraction of sp³-hybridized carbons (Fsp3) is 0.235. The maximum absolute atomic E-state index is 12.4.